The van der Waals surface area contributed by atoms with Crippen LogP contribution in [0.2, 0.25) is 5.15 Å². The van der Waals surface area contributed by atoms with Crippen LogP contribution < -0.4 is 4.72 Å². The molecular formula is C10H13ClN2O3S2. The monoisotopic (exact) mass is 308 g/mol. The van der Waals surface area contributed by atoms with E-state index in [1.54, 1.807) is 0 Å². The highest BCUT2D eigenvalue weighted by molar-refractivity contribution is 7.89. The van der Waals surface area contributed by atoms with Crippen LogP contribution >= 0.6 is 11.6 Å². The van der Waals surface area contributed by atoms with E-state index in [9.17, 15) is 12.6 Å². The van der Waals surface area contributed by atoms with Gasteiger partial charge >= 0.3 is 0 Å². The van der Waals surface area contributed by atoms with E-state index in [-0.39, 0.29) is 16.1 Å². The highest BCUT2D eigenvalue weighted by Crippen LogP contribution is 2.15. The van der Waals surface area contributed by atoms with Gasteiger partial charge in [-0.1, -0.05) is 11.6 Å². The lowest BCUT2D eigenvalue weighted by atomic mass is 10.2. The van der Waals surface area contributed by atoms with Crippen molar-refractivity contribution in [3.8, 4) is 0 Å². The highest BCUT2D eigenvalue weighted by Gasteiger charge is 2.24. The molecule has 1 N–H and O–H groups in total. The summed E-state index contributed by atoms with van der Waals surface area (Å²) in [6.45, 7) is 0. The Labute approximate surface area is 113 Å². The van der Waals surface area contributed by atoms with Gasteiger partial charge in [0.1, 0.15) is 10.0 Å². The molecule has 1 fully saturated rings. The predicted octanol–water partition coefficient (Wildman–Crippen LogP) is 0.924. The van der Waals surface area contributed by atoms with Crippen molar-refractivity contribution in [3.05, 3.63) is 23.5 Å². The molecule has 8 heteroatoms. The summed E-state index contributed by atoms with van der Waals surface area (Å²) in [5.74, 6) is 1.10. The second-order valence-electron chi connectivity index (χ2n) is 4.06. The van der Waals surface area contributed by atoms with Gasteiger partial charge in [-0.15, -0.1) is 0 Å². The van der Waals surface area contributed by atoms with Gasteiger partial charge in [-0.3, -0.25) is 4.21 Å². The van der Waals surface area contributed by atoms with Crippen molar-refractivity contribution in [1.29, 1.82) is 0 Å². The van der Waals surface area contributed by atoms with E-state index in [0.717, 1.165) is 0 Å². The van der Waals surface area contributed by atoms with Gasteiger partial charge in [0.15, 0.2) is 0 Å². The summed E-state index contributed by atoms with van der Waals surface area (Å²) in [4.78, 5) is 3.84. The lowest BCUT2D eigenvalue weighted by molar-refractivity contribution is 0.521. The van der Waals surface area contributed by atoms with Gasteiger partial charge in [0.25, 0.3) is 0 Å². The van der Waals surface area contributed by atoms with Crippen LogP contribution in [0.1, 0.15) is 12.8 Å². The van der Waals surface area contributed by atoms with Gasteiger partial charge in [0.2, 0.25) is 10.0 Å². The van der Waals surface area contributed by atoms with Crippen LogP contribution in [0.5, 0.6) is 0 Å². The van der Waals surface area contributed by atoms with Gasteiger partial charge in [-0.2, -0.15) is 0 Å². The lowest BCUT2D eigenvalue weighted by Gasteiger charge is -2.22. The molecule has 1 aliphatic heterocycles. The molecule has 2 rings (SSSR count). The van der Waals surface area contributed by atoms with Crippen LogP contribution in [0.4, 0.5) is 0 Å². The minimum absolute atomic E-state index is 0.0959. The number of rotatable bonds is 3. The fraction of sp³-hybridized carbons (Fsp3) is 0.500. The Morgan fingerprint density at radius 3 is 2.56 bits per heavy atom. The Balaban J connectivity index is 2.07. The van der Waals surface area contributed by atoms with Gasteiger partial charge in [-0.25, -0.2) is 18.1 Å². The van der Waals surface area contributed by atoms with Crippen LogP contribution in [0.25, 0.3) is 0 Å². The van der Waals surface area contributed by atoms with Crippen molar-refractivity contribution in [1.82, 2.24) is 9.71 Å². The quantitative estimate of drug-likeness (QED) is 0.843. The summed E-state index contributed by atoms with van der Waals surface area (Å²) < 4.78 is 37.8. The predicted molar refractivity (Wildman–Crippen MR) is 70.5 cm³/mol. The van der Waals surface area contributed by atoms with Gasteiger partial charge < -0.3 is 0 Å². The largest absolute Gasteiger partial charge is 0.260 e. The van der Waals surface area contributed by atoms with Crippen LogP contribution in [-0.2, 0) is 20.8 Å². The zero-order chi connectivity index (χ0) is 13.2. The topological polar surface area (TPSA) is 76.1 Å². The fourth-order valence-corrected chi connectivity index (χ4v) is 4.38. The number of hydrogen-bond acceptors (Lipinski definition) is 4. The number of sulfonamides is 1. The molecule has 1 saturated heterocycles. The lowest BCUT2D eigenvalue weighted by Crippen LogP contribution is -2.39. The van der Waals surface area contributed by atoms with Crippen molar-refractivity contribution in [2.24, 2.45) is 0 Å². The molecule has 1 aliphatic rings. The molecule has 0 bridgehead atoms. The van der Waals surface area contributed by atoms with Crippen LogP contribution in [0, 0.1) is 0 Å². The van der Waals surface area contributed by atoms with E-state index in [2.05, 4.69) is 9.71 Å². The third kappa shape index (κ3) is 3.50. The average molecular weight is 309 g/mol. The minimum Gasteiger partial charge on any atom is -0.260 e. The fourth-order valence-electron chi connectivity index (χ4n) is 1.72. The summed E-state index contributed by atoms with van der Waals surface area (Å²) in [6, 6.07) is 2.70. The maximum absolute atomic E-state index is 12.0. The van der Waals surface area contributed by atoms with E-state index in [1.165, 1.54) is 18.3 Å². The number of nitrogens with one attached hydrogen (secondary N) is 1. The smallest absolute Gasteiger partial charge is 0.242 e. The van der Waals surface area contributed by atoms with Crippen LogP contribution in [-0.4, -0.2) is 35.2 Å². The van der Waals surface area contributed by atoms with E-state index >= 15 is 0 Å². The highest BCUT2D eigenvalue weighted by atomic mass is 35.5. The molecule has 18 heavy (non-hydrogen) atoms. The molecule has 0 amide bonds. The molecule has 1 aromatic heterocycles. The zero-order valence-corrected chi connectivity index (χ0v) is 11.9. The van der Waals surface area contributed by atoms with E-state index in [0.29, 0.717) is 24.3 Å². The van der Waals surface area contributed by atoms with E-state index in [1.807, 2.05) is 0 Å². The third-order valence-corrected chi connectivity index (χ3v) is 5.83. The standard InChI is InChI=1S/C10H13ClN2O3S2/c11-10-2-1-9(7-12-10)18(15,16)13-8-3-5-17(14)6-4-8/h1-2,7-8,13H,3-6H2. The van der Waals surface area contributed by atoms with Crippen molar-refractivity contribution in [3.63, 3.8) is 0 Å². The van der Waals surface area contributed by atoms with Gasteiger partial charge in [0.05, 0.1) is 0 Å². The molecule has 5 nitrogen and oxygen atoms in total. The SMILES string of the molecule is O=S1CCC(NS(=O)(=O)c2ccc(Cl)nc2)CC1. The Morgan fingerprint density at radius 1 is 1.33 bits per heavy atom. The van der Waals surface area contributed by atoms with E-state index < -0.39 is 20.8 Å². The summed E-state index contributed by atoms with van der Waals surface area (Å²) in [5.41, 5.74) is 0. The minimum atomic E-state index is -3.56. The molecular weight excluding hydrogens is 296 g/mol. The van der Waals surface area contributed by atoms with E-state index in [4.69, 9.17) is 11.6 Å². The second-order valence-corrected chi connectivity index (χ2v) is 7.86. The molecule has 0 radical (unpaired) electrons. The number of hydrogen-bond donors (Lipinski definition) is 1. The first-order valence-electron chi connectivity index (χ1n) is 5.46. The third-order valence-electron chi connectivity index (χ3n) is 2.72. The summed E-state index contributed by atoms with van der Waals surface area (Å²) in [6.07, 6.45) is 2.44. The molecule has 0 unspecified atom stereocenters. The summed E-state index contributed by atoms with van der Waals surface area (Å²) in [7, 11) is -4.37. The maximum atomic E-state index is 12.0. The first-order valence-corrected chi connectivity index (χ1v) is 8.81. The summed E-state index contributed by atoms with van der Waals surface area (Å²) >= 11 is 5.61. The molecule has 0 aromatic carbocycles. The molecule has 2 heterocycles. The second kappa shape index (κ2) is 5.64. The Bertz CT molecular complexity index is 535. The average Bonchev–Trinajstić information content (AvgIpc) is 2.32. The van der Waals surface area contributed by atoms with Crippen LogP contribution in [0.3, 0.4) is 0 Å². The number of halogens is 1. The molecule has 1 aromatic rings. The van der Waals surface area contributed by atoms with Crippen molar-refractivity contribution in [2.45, 2.75) is 23.8 Å². The Kier molecular flexibility index (Phi) is 4.37. The Morgan fingerprint density at radius 2 is 2.00 bits per heavy atom. The van der Waals surface area contributed by atoms with Crippen LogP contribution in [0.15, 0.2) is 23.2 Å². The van der Waals surface area contributed by atoms with Crippen molar-refractivity contribution >= 4 is 32.4 Å². The first-order chi connectivity index (χ1) is 8.47. The number of pyridine rings is 1. The van der Waals surface area contributed by atoms with Gasteiger partial charge in [-0.05, 0) is 25.0 Å². The molecule has 100 valence electrons. The van der Waals surface area contributed by atoms with Crippen molar-refractivity contribution < 1.29 is 12.6 Å². The number of aromatic nitrogens is 1. The molecule has 0 atom stereocenters. The number of nitrogens with zero attached hydrogens (tertiary/aromatic N) is 1. The normalized spacial score (nSPS) is 24.9. The Hall–Kier alpha value is -0.500. The molecule has 0 aliphatic carbocycles. The first kappa shape index (κ1) is 13.9. The zero-order valence-electron chi connectivity index (χ0n) is 9.50. The summed E-state index contributed by atoms with van der Waals surface area (Å²) in [5, 5.41) is 0.252. The van der Waals surface area contributed by atoms with Gasteiger partial charge in [0, 0.05) is 34.5 Å². The maximum Gasteiger partial charge on any atom is 0.242 e. The molecule has 0 saturated carbocycles. The van der Waals surface area contributed by atoms with Crippen molar-refractivity contribution in [2.75, 3.05) is 11.5 Å². The molecule has 0 spiro atoms.